The molecule has 1 heterocycles. The van der Waals surface area contributed by atoms with Gasteiger partial charge in [0.1, 0.15) is 0 Å². The minimum atomic E-state index is -3.25. The molecule has 0 saturated carbocycles. The van der Waals surface area contributed by atoms with Crippen molar-refractivity contribution >= 4 is 37.2 Å². The number of carbonyl (C=O) groups excluding carboxylic acids is 1. The van der Waals surface area contributed by atoms with E-state index < -0.39 is 9.84 Å². The number of nitrogens with one attached hydrogen (secondary N) is 1. The molecule has 1 N–H and O–H groups in total. The average Bonchev–Trinajstić information content (AvgIpc) is 2.99. The monoisotopic (exact) mass is 359 g/mol. The predicted octanol–water partition coefficient (Wildman–Crippen LogP) is 3.25. The van der Waals surface area contributed by atoms with Gasteiger partial charge in [-0.3, -0.25) is 4.79 Å². The molecule has 3 rings (SSSR count). The van der Waals surface area contributed by atoms with Crippen molar-refractivity contribution in [1.29, 1.82) is 0 Å². The van der Waals surface area contributed by atoms with E-state index in [9.17, 15) is 13.2 Å². The lowest BCUT2D eigenvalue weighted by atomic mass is 10.2. The molecule has 1 aromatic heterocycles. The first-order valence-electron chi connectivity index (χ1n) is 7.55. The molecule has 1 amide bonds. The van der Waals surface area contributed by atoms with Crippen molar-refractivity contribution in [2.75, 3.05) is 12.3 Å². The summed E-state index contributed by atoms with van der Waals surface area (Å²) in [7, 11) is -3.25. The van der Waals surface area contributed by atoms with Gasteiger partial charge in [0.05, 0.1) is 16.4 Å². The summed E-state index contributed by atoms with van der Waals surface area (Å²) < 4.78 is 25.3. The largest absolute Gasteiger partial charge is 0.350 e. The minimum absolute atomic E-state index is 0.00734. The Morgan fingerprint density at radius 1 is 1.00 bits per heavy atom. The van der Waals surface area contributed by atoms with Crippen LogP contribution in [-0.4, -0.2) is 26.6 Å². The molecule has 0 aliphatic heterocycles. The van der Waals surface area contributed by atoms with Gasteiger partial charge in [-0.2, -0.15) is 0 Å². The molecule has 2 aromatic carbocycles. The number of amides is 1. The lowest BCUT2D eigenvalue weighted by Gasteiger charge is -2.06. The Hall–Kier alpha value is -2.18. The first-order chi connectivity index (χ1) is 11.5. The zero-order valence-corrected chi connectivity index (χ0v) is 14.6. The van der Waals surface area contributed by atoms with Gasteiger partial charge in [-0.05, 0) is 23.1 Å². The van der Waals surface area contributed by atoms with E-state index in [-0.39, 0.29) is 24.0 Å². The standard InChI is InChI=1S/C18H17NO3S2/c20-18(17-12-15-8-4-5-9-16(15)23-17)19-10-11-24(21,22)13-14-6-2-1-3-7-14/h1-9,12H,10-11,13H2,(H,19,20). The third kappa shape index (κ3) is 4.21. The van der Waals surface area contributed by atoms with E-state index in [4.69, 9.17) is 0 Å². The van der Waals surface area contributed by atoms with Crippen LogP contribution in [0.5, 0.6) is 0 Å². The Kier molecular flexibility index (Phi) is 4.97. The van der Waals surface area contributed by atoms with Crippen LogP contribution in [-0.2, 0) is 15.6 Å². The number of rotatable bonds is 6. The maximum Gasteiger partial charge on any atom is 0.261 e. The lowest BCUT2D eigenvalue weighted by molar-refractivity contribution is 0.0960. The number of fused-ring (bicyclic) bond motifs is 1. The lowest BCUT2D eigenvalue weighted by Crippen LogP contribution is -2.29. The molecule has 0 unspecified atom stereocenters. The Morgan fingerprint density at radius 2 is 1.71 bits per heavy atom. The maximum absolute atomic E-state index is 12.2. The average molecular weight is 359 g/mol. The summed E-state index contributed by atoms with van der Waals surface area (Å²) in [5.41, 5.74) is 0.758. The SMILES string of the molecule is O=C(NCCS(=O)(=O)Cc1ccccc1)c1cc2ccccc2s1. The molecule has 0 bridgehead atoms. The van der Waals surface area contributed by atoms with E-state index in [1.54, 1.807) is 12.1 Å². The van der Waals surface area contributed by atoms with Gasteiger partial charge >= 0.3 is 0 Å². The van der Waals surface area contributed by atoms with Crippen LogP contribution in [0.15, 0.2) is 60.7 Å². The van der Waals surface area contributed by atoms with Crippen LogP contribution in [0.25, 0.3) is 10.1 Å². The topological polar surface area (TPSA) is 63.2 Å². The molecule has 0 saturated heterocycles. The third-order valence-corrected chi connectivity index (χ3v) is 6.29. The van der Waals surface area contributed by atoms with Crippen molar-refractivity contribution in [3.63, 3.8) is 0 Å². The van der Waals surface area contributed by atoms with Gasteiger partial charge in [0, 0.05) is 11.2 Å². The molecule has 24 heavy (non-hydrogen) atoms. The quantitative estimate of drug-likeness (QED) is 0.735. The van der Waals surface area contributed by atoms with Crippen LogP contribution in [0, 0.1) is 0 Å². The molecule has 6 heteroatoms. The van der Waals surface area contributed by atoms with Crippen LogP contribution in [0.3, 0.4) is 0 Å². The Morgan fingerprint density at radius 3 is 2.46 bits per heavy atom. The van der Waals surface area contributed by atoms with Gasteiger partial charge in [0.15, 0.2) is 9.84 Å². The second-order valence-electron chi connectivity index (χ2n) is 5.48. The second kappa shape index (κ2) is 7.15. The number of benzene rings is 2. The highest BCUT2D eigenvalue weighted by molar-refractivity contribution is 7.90. The van der Waals surface area contributed by atoms with Crippen LogP contribution < -0.4 is 5.32 Å². The molecule has 0 spiro atoms. The summed E-state index contributed by atoms with van der Waals surface area (Å²) in [5.74, 6) is -0.309. The number of thiophene rings is 1. The molecule has 124 valence electrons. The number of hydrogen-bond donors (Lipinski definition) is 1. The normalized spacial score (nSPS) is 11.5. The van der Waals surface area contributed by atoms with E-state index in [2.05, 4.69) is 5.32 Å². The summed E-state index contributed by atoms with van der Waals surface area (Å²) in [4.78, 5) is 12.8. The van der Waals surface area contributed by atoms with E-state index >= 15 is 0 Å². The summed E-state index contributed by atoms with van der Waals surface area (Å²) in [6.07, 6.45) is 0. The highest BCUT2D eigenvalue weighted by atomic mass is 32.2. The van der Waals surface area contributed by atoms with Crippen molar-refractivity contribution in [2.24, 2.45) is 0 Å². The molecule has 0 fully saturated rings. The summed E-state index contributed by atoms with van der Waals surface area (Å²) in [6.45, 7) is 0.113. The highest BCUT2D eigenvalue weighted by Gasteiger charge is 2.14. The second-order valence-corrected chi connectivity index (χ2v) is 8.75. The van der Waals surface area contributed by atoms with Crippen molar-refractivity contribution in [2.45, 2.75) is 5.75 Å². The maximum atomic E-state index is 12.2. The molecule has 4 nitrogen and oxygen atoms in total. The van der Waals surface area contributed by atoms with Gasteiger partial charge < -0.3 is 5.32 Å². The van der Waals surface area contributed by atoms with E-state index in [1.165, 1.54) is 11.3 Å². The smallest absolute Gasteiger partial charge is 0.261 e. The van der Waals surface area contributed by atoms with Crippen molar-refractivity contribution in [1.82, 2.24) is 5.32 Å². The van der Waals surface area contributed by atoms with Gasteiger partial charge in [-0.1, -0.05) is 48.5 Å². The van der Waals surface area contributed by atoms with Gasteiger partial charge in [0.25, 0.3) is 5.91 Å². The molecule has 0 aliphatic carbocycles. The summed E-state index contributed by atoms with van der Waals surface area (Å²) >= 11 is 1.40. The molecular weight excluding hydrogens is 342 g/mol. The zero-order chi connectivity index (χ0) is 17.0. The Balaban J connectivity index is 1.56. The van der Waals surface area contributed by atoms with Crippen molar-refractivity contribution in [3.05, 3.63) is 71.1 Å². The fourth-order valence-corrected chi connectivity index (χ4v) is 4.64. The van der Waals surface area contributed by atoms with Crippen LogP contribution in [0.2, 0.25) is 0 Å². The predicted molar refractivity (Wildman–Crippen MR) is 98.1 cm³/mol. The van der Waals surface area contributed by atoms with Gasteiger partial charge in [-0.25, -0.2) is 8.42 Å². The van der Waals surface area contributed by atoms with Crippen LogP contribution >= 0.6 is 11.3 Å². The third-order valence-electron chi connectivity index (χ3n) is 3.58. The van der Waals surface area contributed by atoms with Gasteiger partial charge in [0.2, 0.25) is 0 Å². The Labute approximate surface area is 145 Å². The zero-order valence-electron chi connectivity index (χ0n) is 12.9. The van der Waals surface area contributed by atoms with Crippen molar-refractivity contribution < 1.29 is 13.2 Å². The molecule has 0 radical (unpaired) electrons. The molecular formula is C18H17NO3S2. The van der Waals surface area contributed by atoms with E-state index in [1.807, 2.05) is 48.5 Å². The van der Waals surface area contributed by atoms with Crippen LogP contribution in [0.4, 0.5) is 0 Å². The minimum Gasteiger partial charge on any atom is -0.350 e. The van der Waals surface area contributed by atoms with Crippen LogP contribution in [0.1, 0.15) is 15.2 Å². The summed E-state index contributed by atoms with van der Waals surface area (Å²) in [6, 6.07) is 18.6. The first-order valence-corrected chi connectivity index (χ1v) is 10.2. The van der Waals surface area contributed by atoms with E-state index in [0.717, 1.165) is 15.6 Å². The van der Waals surface area contributed by atoms with Crippen molar-refractivity contribution in [3.8, 4) is 0 Å². The number of sulfone groups is 1. The first kappa shape index (κ1) is 16.7. The Bertz CT molecular complexity index is 914. The number of hydrogen-bond acceptors (Lipinski definition) is 4. The van der Waals surface area contributed by atoms with Gasteiger partial charge in [-0.15, -0.1) is 11.3 Å². The highest BCUT2D eigenvalue weighted by Crippen LogP contribution is 2.24. The molecule has 0 atom stereocenters. The van der Waals surface area contributed by atoms with E-state index in [0.29, 0.717) is 4.88 Å². The number of carbonyl (C=O) groups is 1. The molecule has 3 aromatic rings. The fourth-order valence-electron chi connectivity index (χ4n) is 2.40. The molecule has 0 aliphatic rings. The fraction of sp³-hybridized carbons (Fsp3) is 0.167. The summed E-state index contributed by atoms with van der Waals surface area (Å²) in [5, 5.41) is 3.71.